The van der Waals surface area contributed by atoms with E-state index >= 15 is 0 Å². The highest BCUT2D eigenvalue weighted by molar-refractivity contribution is 7.98. The van der Waals surface area contributed by atoms with E-state index in [9.17, 15) is 22.3 Å². The predicted octanol–water partition coefficient (Wildman–Crippen LogP) is 2.15. The van der Waals surface area contributed by atoms with Crippen LogP contribution in [-0.4, -0.2) is 65.7 Å². The van der Waals surface area contributed by atoms with Gasteiger partial charge in [-0.2, -0.15) is 17.7 Å². The molecule has 13 heteroatoms. The zero-order valence-electron chi connectivity index (χ0n) is 18.5. The van der Waals surface area contributed by atoms with E-state index in [-0.39, 0.29) is 60.0 Å². The summed E-state index contributed by atoms with van der Waals surface area (Å²) in [5, 5.41) is 12.6. The highest BCUT2D eigenvalue weighted by Gasteiger charge is 2.30. The third-order valence-electron chi connectivity index (χ3n) is 4.75. The monoisotopic (exact) mass is 503 g/mol. The van der Waals surface area contributed by atoms with Crippen LogP contribution >= 0.6 is 11.8 Å². The van der Waals surface area contributed by atoms with Gasteiger partial charge in [0.05, 0.1) is 6.61 Å². The van der Waals surface area contributed by atoms with Gasteiger partial charge in [0, 0.05) is 42.6 Å². The van der Waals surface area contributed by atoms with Crippen LogP contribution in [0.3, 0.4) is 0 Å². The molecule has 3 atom stereocenters. The van der Waals surface area contributed by atoms with E-state index in [1.807, 2.05) is 13.8 Å². The molecule has 0 radical (unpaired) electrons. The zero-order valence-corrected chi connectivity index (χ0v) is 20.1. The van der Waals surface area contributed by atoms with Crippen molar-refractivity contribution in [1.29, 1.82) is 0 Å². The summed E-state index contributed by atoms with van der Waals surface area (Å²) >= 11 is 0.992. The van der Waals surface area contributed by atoms with Gasteiger partial charge in [0.1, 0.15) is 11.9 Å². The number of rotatable bonds is 9. The molecule has 3 rings (SSSR count). The summed E-state index contributed by atoms with van der Waals surface area (Å²) in [5.74, 6) is -1.91. The number of piperazine rings is 1. The molecule has 1 fully saturated rings. The van der Waals surface area contributed by atoms with Crippen LogP contribution in [0.2, 0.25) is 0 Å². The molecule has 1 aliphatic rings. The fraction of sp³-hybridized carbons (Fsp3) is 0.500. The molecule has 1 saturated heterocycles. The summed E-state index contributed by atoms with van der Waals surface area (Å²) in [7, 11) is -3.92. The van der Waals surface area contributed by atoms with E-state index in [0.717, 1.165) is 17.8 Å². The number of aliphatic hydroxyl groups excluding tert-OH is 1. The maximum Gasteiger partial charge on any atom is 0.302 e. The Morgan fingerprint density at radius 2 is 2.00 bits per heavy atom. The summed E-state index contributed by atoms with van der Waals surface area (Å²) in [6.45, 7) is 5.70. The Morgan fingerprint density at radius 3 is 2.67 bits per heavy atom. The van der Waals surface area contributed by atoms with Crippen LogP contribution in [0.4, 0.5) is 14.6 Å². The van der Waals surface area contributed by atoms with Gasteiger partial charge in [-0.3, -0.25) is 4.72 Å². The van der Waals surface area contributed by atoms with Crippen LogP contribution in [-0.2, 0) is 16.0 Å². The first-order chi connectivity index (χ1) is 15.6. The number of nitrogens with one attached hydrogen (secondary N) is 2. The Bertz CT molecular complexity index is 1070. The molecule has 33 heavy (non-hydrogen) atoms. The number of halogens is 2. The number of anilines is 1. The second kappa shape index (κ2) is 10.9. The van der Waals surface area contributed by atoms with Gasteiger partial charge in [-0.15, -0.1) is 0 Å². The number of nitrogens with zero attached hydrogens (tertiary/aromatic N) is 3. The van der Waals surface area contributed by atoms with Crippen molar-refractivity contribution in [3.8, 4) is 5.88 Å². The van der Waals surface area contributed by atoms with Crippen LogP contribution in [0.25, 0.3) is 0 Å². The van der Waals surface area contributed by atoms with E-state index < -0.39 is 27.9 Å². The van der Waals surface area contributed by atoms with Crippen molar-refractivity contribution in [2.24, 2.45) is 0 Å². The number of benzene rings is 1. The maximum atomic E-state index is 14.0. The second-order valence-electron chi connectivity index (χ2n) is 7.88. The number of hydrogen-bond acceptors (Lipinski definition) is 8. The smallest absolute Gasteiger partial charge is 0.302 e. The van der Waals surface area contributed by atoms with E-state index in [0.29, 0.717) is 0 Å². The summed E-state index contributed by atoms with van der Waals surface area (Å²) in [6, 6.07) is 5.13. The van der Waals surface area contributed by atoms with Gasteiger partial charge in [-0.1, -0.05) is 23.9 Å². The Labute approximate surface area is 196 Å². The standard InChI is InChI=1S/C20H27F2N5O4S2/c1-12-8-27(9-13(2)23-12)33(29,30)26-17-7-18(31-14(3)10-28)25-20(24-17)32-11-15-5-4-6-16(21)19(15)22/h4-7,12-14,23,28H,8-11H2,1-3H3,(H,24,25,26)/t12-,13+,14-/m1/s1. The molecule has 1 aromatic carbocycles. The quantitative estimate of drug-likeness (QED) is 0.352. The normalized spacial score (nSPS) is 20.4. The van der Waals surface area contributed by atoms with Crippen molar-refractivity contribution in [3.05, 3.63) is 41.5 Å². The molecule has 0 amide bonds. The molecule has 0 saturated carbocycles. The minimum atomic E-state index is -3.92. The summed E-state index contributed by atoms with van der Waals surface area (Å²) < 4.78 is 62.7. The maximum absolute atomic E-state index is 14.0. The Hall–Kier alpha value is -2.06. The van der Waals surface area contributed by atoms with Gasteiger partial charge in [0.2, 0.25) is 5.88 Å². The number of aromatic nitrogens is 2. The molecule has 0 spiro atoms. The SMILES string of the molecule is C[C@@H]1CN(S(=O)(=O)Nc2cc(O[C@H](C)CO)nc(SCc3cccc(F)c3F)n2)C[C@H](C)N1. The molecule has 0 aliphatic carbocycles. The number of aliphatic hydroxyl groups is 1. The average Bonchev–Trinajstić information content (AvgIpc) is 2.73. The lowest BCUT2D eigenvalue weighted by atomic mass is 10.2. The van der Waals surface area contributed by atoms with E-state index in [1.165, 1.54) is 22.5 Å². The van der Waals surface area contributed by atoms with Crippen LogP contribution in [0.5, 0.6) is 5.88 Å². The lowest BCUT2D eigenvalue weighted by Gasteiger charge is -2.35. The minimum absolute atomic E-state index is 0.0155. The Morgan fingerprint density at radius 1 is 1.30 bits per heavy atom. The average molecular weight is 504 g/mol. The molecule has 1 aliphatic heterocycles. The van der Waals surface area contributed by atoms with Crippen molar-refractivity contribution >= 4 is 27.8 Å². The molecule has 0 bridgehead atoms. The second-order valence-corrected chi connectivity index (χ2v) is 10.5. The van der Waals surface area contributed by atoms with Crippen molar-refractivity contribution in [2.45, 2.75) is 49.9 Å². The largest absolute Gasteiger partial charge is 0.472 e. The number of ether oxygens (including phenoxy) is 1. The number of thioether (sulfide) groups is 1. The van der Waals surface area contributed by atoms with Crippen LogP contribution in [0.15, 0.2) is 29.4 Å². The van der Waals surface area contributed by atoms with Gasteiger partial charge in [-0.25, -0.2) is 13.8 Å². The Balaban J connectivity index is 1.84. The van der Waals surface area contributed by atoms with Crippen LogP contribution < -0.4 is 14.8 Å². The van der Waals surface area contributed by atoms with E-state index in [2.05, 4.69) is 20.0 Å². The third-order valence-corrected chi connectivity index (χ3v) is 7.09. The molecule has 2 heterocycles. The number of hydrogen-bond donors (Lipinski definition) is 3. The summed E-state index contributed by atoms with van der Waals surface area (Å²) in [5.41, 5.74) is 0.115. The molecule has 2 aromatic rings. The molecule has 182 valence electrons. The first-order valence-corrected chi connectivity index (χ1v) is 12.8. The fourth-order valence-corrected chi connectivity index (χ4v) is 5.46. The lowest BCUT2D eigenvalue weighted by Crippen LogP contribution is -2.56. The predicted molar refractivity (Wildman–Crippen MR) is 121 cm³/mol. The molecular formula is C20H27F2N5O4S2. The van der Waals surface area contributed by atoms with Gasteiger partial charge < -0.3 is 15.2 Å². The lowest BCUT2D eigenvalue weighted by molar-refractivity contribution is 0.124. The highest BCUT2D eigenvalue weighted by Crippen LogP contribution is 2.27. The molecular weight excluding hydrogens is 476 g/mol. The zero-order chi connectivity index (χ0) is 24.2. The van der Waals surface area contributed by atoms with Crippen LogP contribution in [0.1, 0.15) is 26.3 Å². The molecule has 9 nitrogen and oxygen atoms in total. The highest BCUT2D eigenvalue weighted by atomic mass is 32.2. The topological polar surface area (TPSA) is 117 Å². The van der Waals surface area contributed by atoms with Gasteiger partial charge in [-0.05, 0) is 26.8 Å². The van der Waals surface area contributed by atoms with Crippen molar-refractivity contribution in [2.75, 3.05) is 24.4 Å². The van der Waals surface area contributed by atoms with Gasteiger partial charge >= 0.3 is 10.2 Å². The molecule has 1 aromatic heterocycles. The third kappa shape index (κ3) is 6.96. The van der Waals surface area contributed by atoms with E-state index in [4.69, 9.17) is 4.74 Å². The van der Waals surface area contributed by atoms with Crippen molar-refractivity contribution < 1.29 is 27.0 Å². The fourth-order valence-electron chi connectivity index (χ4n) is 3.30. The summed E-state index contributed by atoms with van der Waals surface area (Å²) in [6.07, 6.45) is -0.599. The first-order valence-electron chi connectivity index (χ1n) is 10.3. The molecule has 0 unspecified atom stereocenters. The first kappa shape index (κ1) is 25.6. The van der Waals surface area contributed by atoms with Crippen LogP contribution in [0, 0.1) is 11.6 Å². The van der Waals surface area contributed by atoms with E-state index in [1.54, 1.807) is 6.92 Å². The van der Waals surface area contributed by atoms with Gasteiger partial charge in [0.15, 0.2) is 16.8 Å². The van der Waals surface area contributed by atoms with Crippen molar-refractivity contribution in [1.82, 2.24) is 19.6 Å². The van der Waals surface area contributed by atoms with Crippen molar-refractivity contribution in [3.63, 3.8) is 0 Å². The Kier molecular flexibility index (Phi) is 8.45. The molecule has 3 N–H and O–H groups in total. The minimum Gasteiger partial charge on any atom is -0.472 e. The van der Waals surface area contributed by atoms with Gasteiger partial charge in [0.25, 0.3) is 0 Å². The summed E-state index contributed by atoms with van der Waals surface area (Å²) in [4.78, 5) is 8.41.